The van der Waals surface area contributed by atoms with Crippen molar-refractivity contribution in [2.45, 2.75) is 46.7 Å². The number of amidine groups is 1. The van der Waals surface area contributed by atoms with Crippen LogP contribution in [0.15, 0.2) is 30.3 Å². The predicted octanol–water partition coefficient (Wildman–Crippen LogP) is 4.04. The highest BCUT2D eigenvalue weighted by Gasteiger charge is 2.22. The quantitative estimate of drug-likeness (QED) is 0.190. The maximum atomic E-state index is 14.7. The highest BCUT2D eigenvalue weighted by Crippen LogP contribution is 2.27. The second kappa shape index (κ2) is 10.4. The fourth-order valence-corrected chi connectivity index (χ4v) is 4.26. The summed E-state index contributed by atoms with van der Waals surface area (Å²) in [6.45, 7) is 9.64. The second-order valence-corrected chi connectivity index (χ2v) is 9.72. The first kappa shape index (κ1) is 24.2. The smallest absolute Gasteiger partial charge is 0.259 e. The molecule has 0 saturated heterocycles. The molecule has 32 heavy (non-hydrogen) atoms. The molecule has 1 aromatic carbocycles. The summed E-state index contributed by atoms with van der Waals surface area (Å²) >= 11 is 1.79. The van der Waals surface area contributed by atoms with Gasteiger partial charge in [-0.15, -0.1) is 0 Å². The number of nitrogens with zero attached hydrogens (tertiary/aromatic N) is 3. The predicted molar refractivity (Wildman–Crippen MR) is 128 cm³/mol. The van der Waals surface area contributed by atoms with Crippen LogP contribution in [0.2, 0.25) is 0 Å². The fourth-order valence-electron chi connectivity index (χ4n) is 3.30. The van der Waals surface area contributed by atoms with E-state index in [1.54, 1.807) is 36.2 Å². The van der Waals surface area contributed by atoms with Gasteiger partial charge in [0, 0.05) is 24.9 Å². The standard InChI is InChI=1S/C23H31FN6OS/c1-14(2)13-32-29-9-8-16-11-19(24)18(10-17(16)12-29)23(31)28-21-7-5-6-20(27-21)22(25)30(26)15(3)4/h5-7,10-11,14-15,25H,8-9,12-13,26H2,1-4H3,(H,27,28,31). The van der Waals surface area contributed by atoms with Gasteiger partial charge in [0.05, 0.1) is 5.56 Å². The first-order valence-electron chi connectivity index (χ1n) is 10.8. The Morgan fingerprint density at radius 3 is 2.75 bits per heavy atom. The zero-order valence-corrected chi connectivity index (χ0v) is 19.8. The van der Waals surface area contributed by atoms with Crippen molar-refractivity contribution in [1.82, 2.24) is 14.3 Å². The second-order valence-electron chi connectivity index (χ2n) is 8.62. The Balaban J connectivity index is 1.75. The van der Waals surface area contributed by atoms with E-state index < -0.39 is 11.7 Å². The van der Waals surface area contributed by atoms with Gasteiger partial charge in [-0.1, -0.05) is 31.9 Å². The van der Waals surface area contributed by atoms with Crippen LogP contribution in [-0.2, 0) is 13.0 Å². The Bertz CT molecular complexity index is 996. The average molecular weight is 459 g/mol. The number of rotatable bonds is 7. The molecule has 0 radical (unpaired) electrons. The van der Waals surface area contributed by atoms with Crippen molar-refractivity contribution in [3.8, 4) is 0 Å². The van der Waals surface area contributed by atoms with Crippen molar-refractivity contribution in [1.29, 1.82) is 5.41 Å². The molecule has 0 bridgehead atoms. The lowest BCUT2D eigenvalue weighted by molar-refractivity contribution is 0.102. The van der Waals surface area contributed by atoms with Gasteiger partial charge >= 0.3 is 0 Å². The summed E-state index contributed by atoms with van der Waals surface area (Å²) in [4.78, 5) is 17.1. The number of carbonyl (C=O) groups is 1. The number of hydrogen-bond acceptors (Lipinski definition) is 6. The molecule has 0 aliphatic carbocycles. The summed E-state index contributed by atoms with van der Waals surface area (Å²) in [5, 5.41) is 12.1. The van der Waals surface area contributed by atoms with Crippen LogP contribution in [0.5, 0.6) is 0 Å². The van der Waals surface area contributed by atoms with Crippen molar-refractivity contribution < 1.29 is 9.18 Å². The van der Waals surface area contributed by atoms with Gasteiger partial charge in [0.25, 0.3) is 5.91 Å². The van der Waals surface area contributed by atoms with Gasteiger partial charge in [-0.2, -0.15) is 0 Å². The Labute approximate surface area is 193 Å². The highest BCUT2D eigenvalue weighted by atomic mass is 32.2. The van der Waals surface area contributed by atoms with E-state index >= 15 is 0 Å². The molecule has 2 aromatic rings. The Kier molecular flexibility index (Phi) is 7.86. The average Bonchev–Trinajstić information content (AvgIpc) is 2.76. The molecule has 172 valence electrons. The molecule has 0 fully saturated rings. The minimum atomic E-state index is -0.568. The van der Waals surface area contributed by atoms with Crippen molar-refractivity contribution in [3.05, 3.63) is 58.5 Å². The molecule has 9 heteroatoms. The third kappa shape index (κ3) is 5.85. The zero-order chi connectivity index (χ0) is 23.4. The van der Waals surface area contributed by atoms with E-state index in [1.165, 1.54) is 11.1 Å². The third-order valence-corrected chi connectivity index (χ3v) is 6.64. The van der Waals surface area contributed by atoms with Crippen LogP contribution >= 0.6 is 11.9 Å². The molecule has 1 aliphatic rings. The topological polar surface area (TPSA) is 98.3 Å². The molecule has 7 nitrogen and oxygen atoms in total. The lowest BCUT2D eigenvalue weighted by Gasteiger charge is -2.28. The number of carbonyl (C=O) groups excluding carboxylic acids is 1. The van der Waals surface area contributed by atoms with Crippen LogP contribution in [0, 0.1) is 17.1 Å². The van der Waals surface area contributed by atoms with E-state index in [0.29, 0.717) is 18.2 Å². The maximum Gasteiger partial charge on any atom is 0.259 e. The molecule has 0 atom stereocenters. The van der Waals surface area contributed by atoms with E-state index in [-0.39, 0.29) is 23.3 Å². The largest absolute Gasteiger partial charge is 0.306 e. The van der Waals surface area contributed by atoms with Gasteiger partial charge in [0.15, 0.2) is 5.84 Å². The number of anilines is 1. The number of nitrogens with two attached hydrogens (primary N) is 1. The van der Waals surface area contributed by atoms with Crippen molar-refractivity contribution in [3.63, 3.8) is 0 Å². The van der Waals surface area contributed by atoms with Crippen molar-refractivity contribution >= 4 is 29.5 Å². The number of hydrogen-bond donors (Lipinski definition) is 3. The molecule has 4 N–H and O–H groups in total. The number of amides is 1. The van der Waals surface area contributed by atoms with Crippen LogP contribution in [0.25, 0.3) is 0 Å². The third-order valence-electron chi connectivity index (χ3n) is 5.15. The molecule has 0 spiro atoms. The lowest BCUT2D eigenvalue weighted by Crippen LogP contribution is -2.43. The van der Waals surface area contributed by atoms with E-state index in [2.05, 4.69) is 28.5 Å². The number of hydrazine groups is 1. The zero-order valence-electron chi connectivity index (χ0n) is 19.0. The van der Waals surface area contributed by atoms with Gasteiger partial charge in [0.1, 0.15) is 17.3 Å². The number of benzene rings is 1. The van der Waals surface area contributed by atoms with Gasteiger partial charge in [-0.3, -0.25) is 15.2 Å². The molecular weight excluding hydrogens is 427 g/mol. The van der Waals surface area contributed by atoms with Crippen molar-refractivity contribution in [2.24, 2.45) is 11.8 Å². The summed E-state index contributed by atoms with van der Waals surface area (Å²) < 4.78 is 17.0. The van der Waals surface area contributed by atoms with Gasteiger partial charge in [0.2, 0.25) is 0 Å². The van der Waals surface area contributed by atoms with E-state index in [4.69, 9.17) is 11.3 Å². The minimum absolute atomic E-state index is 0.00984. The van der Waals surface area contributed by atoms with Crippen LogP contribution in [0.3, 0.4) is 0 Å². The van der Waals surface area contributed by atoms with Crippen LogP contribution < -0.4 is 11.2 Å². The minimum Gasteiger partial charge on any atom is -0.306 e. The molecule has 1 aromatic heterocycles. The number of nitrogens with one attached hydrogen (secondary N) is 2. The Hall–Kier alpha value is -2.49. The lowest BCUT2D eigenvalue weighted by atomic mass is 9.97. The van der Waals surface area contributed by atoms with E-state index in [0.717, 1.165) is 29.8 Å². The monoisotopic (exact) mass is 458 g/mol. The molecular formula is C23H31FN6OS. The van der Waals surface area contributed by atoms with Gasteiger partial charge in [-0.05, 0) is 61.6 Å². The summed E-state index contributed by atoms with van der Waals surface area (Å²) in [6.07, 6.45) is 0.760. The van der Waals surface area contributed by atoms with Gasteiger partial charge < -0.3 is 5.32 Å². The Morgan fingerprint density at radius 1 is 1.31 bits per heavy atom. The van der Waals surface area contributed by atoms with E-state index in [1.807, 2.05) is 13.8 Å². The summed E-state index contributed by atoms with van der Waals surface area (Å²) in [5.74, 6) is 6.68. The first-order valence-corrected chi connectivity index (χ1v) is 11.7. The van der Waals surface area contributed by atoms with Crippen LogP contribution in [0.4, 0.5) is 10.2 Å². The molecule has 3 rings (SSSR count). The summed E-state index contributed by atoms with van der Waals surface area (Å²) in [7, 11) is 0. The summed E-state index contributed by atoms with van der Waals surface area (Å²) in [5.41, 5.74) is 2.23. The molecule has 2 heterocycles. The Morgan fingerprint density at radius 2 is 2.06 bits per heavy atom. The fraction of sp³-hybridized carbons (Fsp3) is 0.435. The number of aromatic nitrogens is 1. The highest BCUT2D eigenvalue weighted by molar-refractivity contribution is 7.97. The molecule has 0 unspecified atom stereocenters. The van der Waals surface area contributed by atoms with Gasteiger partial charge in [-0.25, -0.2) is 19.5 Å². The SMILES string of the molecule is CC(C)CSN1CCc2cc(F)c(C(=O)Nc3cccc(C(=N)N(N)C(C)C)n3)cc2C1. The number of halogens is 1. The maximum absolute atomic E-state index is 14.7. The van der Waals surface area contributed by atoms with Crippen molar-refractivity contribution in [2.75, 3.05) is 17.6 Å². The molecule has 0 saturated carbocycles. The van der Waals surface area contributed by atoms with E-state index in [9.17, 15) is 9.18 Å². The first-order chi connectivity index (χ1) is 15.2. The number of fused-ring (bicyclic) bond motifs is 1. The number of pyridine rings is 1. The molecule has 1 amide bonds. The molecule has 1 aliphatic heterocycles. The normalized spacial score (nSPS) is 13.9. The van der Waals surface area contributed by atoms with Crippen LogP contribution in [-0.4, -0.2) is 44.4 Å². The van der Waals surface area contributed by atoms with Crippen LogP contribution in [0.1, 0.15) is 54.9 Å². The summed E-state index contributed by atoms with van der Waals surface area (Å²) in [6, 6.07) is 7.96.